The lowest BCUT2D eigenvalue weighted by Crippen LogP contribution is -2.40. The predicted octanol–water partition coefficient (Wildman–Crippen LogP) is 1.99. The third-order valence-corrected chi connectivity index (χ3v) is 6.67. The molecule has 4 rings (SSSR count). The van der Waals surface area contributed by atoms with Crippen molar-refractivity contribution in [3.63, 3.8) is 0 Å². The number of nitrogens with one attached hydrogen (secondary N) is 1. The van der Waals surface area contributed by atoms with Crippen molar-refractivity contribution >= 4 is 21.6 Å². The first kappa shape index (κ1) is 21.1. The molecule has 2 heterocycles. The van der Waals surface area contributed by atoms with Crippen LogP contribution in [0.2, 0.25) is 0 Å². The zero-order valence-electron chi connectivity index (χ0n) is 16.7. The smallest absolute Gasteiger partial charge is 0.278 e. The van der Waals surface area contributed by atoms with Crippen LogP contribution in [-0.4, -0.2) is 59.9 Å². The summed E-state index contributed by atoms with van der Waals surface area (Å²) in [5.41, 5.74) is 1.28. The minimum Gasteiger partial charge on any atom is -0.379 e. The highest BCUT2D eigenvalue weighted by Gasteiger charge is 2.29. The molecule has 1 saturated heterocycles. The molecule has 0 unspecified atom stereocenters. The maximum atomic E-state index is 14.4. The SMILES string of the molecule is Cc1nn(-c2ccccc2)nc1C(=O)Nc1ccc(F)c(S(=O)(=O)N2CCOCC2)c1. The first-order chi connectivity index (χ1) is 14.9. The molecule has 0 radical (unpaired) electrons. The van der Waals surface area contributed by atoms with Crippen LogP contribution in [-0.2, 0) is 14.8 Å². The van der Waals surface area contributed by atoms with Gasteiger partial charge in [0.15, 0.2) is 5.69 Å². The fraction of sp³-hybridized carbons (Fsp3) is 0.250. The van der Waals surface area contributed by atoms with E-state index in [1.165, 1.54) is 10.9 Å². The minimum absolute atomic E-state index is 0.0748. The lowest BCUT2D eigenvalue weighted by atomic mass is 10.3. The molecule has 1 amide bonds. The highest BCUT2D eigenvalue weighted by atomic mass is 32.2. The van der Waals surface area contributed by atoms with Gasteiger partial charge in [-0.3, -0.25) is 4.79 Å². The summed E-state index contributed by atoms with van der Waals surface area (Å²) in [4.78, 5) is 13.6. The third kappa shape index (κ3) is 4.33. The molecule has 2 aromatic carbocycles. The number of ether oxygens (including phenoxy) is 1. The molecule has 9 nitrogen and oxygen atoms in total. The second kappa shape index (κ2) is 8.53. The number of nitrogens with zero attached hydrogens (tertiary/aromatic N) is 4. The van der Waals surface area contributed by atoms with Crippen molar-refractivity contribution in [1.29, 1.82) is 0 Å². The molecule has 11 heteroatoms. The molecule has 3 aromatic rings. The van der Waals surface area contributed by atoms with Crippen LogP contribution in [0.4, 0.5) is 10.1 Å². The Morgan fingerprint density at radius 3 is 2.52 bits per heavy atom. The zero-order chi connectivity index (χ0) is 22.0. The van der Waals surface area contributed by atoms with Crippen LogP contribution in [0.3, 0.4) is 0 Å². The van der Waals surface area contributed by atoms with E-state index in [4.69, 9.17) is 4.74 Å². The van der Waals surface area contributed by atoms with Crippen molar-refractivity contribution in [2.45, 2.75) is 11.8 Å². The molecule has 0 spiro atoms. The van der Waals surface area contributed by atoms with Gasteiger partial charge >= 0.3 is 0 Å². The Balaban J connectivity index is 1.58. The number of hydrogen-bond donors (Lipinski definition) is 1. The molecule has 0 aliphatic carbocycles. The van der Waals surface area contributed by atoms with E-state index < -0.39 is 26.6 Å². The van der Waals surface area contributed by atoms with Gasteiger partial charge in [-0.1, -0.05) is 18.2 Å². The van der Waals surface area contributed by atoms with Crippen molar-refractivity contribution < 1.29 is 22.3 Å². The van der Waals surface area contributed by atoms with Crippen molar-refractivity contribution in [2.75, 3.05) is 31.6 Å². The molecule has 0 bridgehead atoms. The molecular weight excluding hydrogens is 425 g/mol. The number of benzene rings is 2. The summed E-state index contributed by atoms with van der Waals surface area (Å²) in [6.45, 7) is 2.40. The number of aromatic nitrogens is 3. The summed E-state index contributed by atoms with van der Waals surface area (Å²) < 4.78 is 46.3. The third-order valence-electron chi connectivity index (χ3n) is 4.76. The number of anilines is 1. The van der Waals surface area contributed by atoms with Gasteiger partial charge in [0.05, 0.1) is 24.6 Å². The Bertz CT molecular complexity index is 1210. The average Bonchev–Trinajstić information content (AvgIpc) is 3.18. The van der Waals surface area contributed by atoms with Gasteiger partial charge < -0.3 is 10.1 Å². The molecule has 31 heavy (non-hydrogen) atoms. The Hall–Kier alpha value is -3.15. The number of hydrogen-bond acceptors (Lipinski definition) is 6. The number of aryl methyl sites for hydroxylation is 1. The standard InChI is InChI=1S/C20H20FN5O4S/c1-14-19(24-26(23-14)16-5-3-2-4-6-16)20(27)22-15-7-8-17(21)18(13-15)31(28,29)25-9-11-30-12-10-25/h2-8,13H,9-12H2,1H3,(H,22,27). The van der Waals surface area contributed by atoms with Crippen molar-refractivity contribution in [3.8, 4) is 5.69 Å². The number of amides is 1. The first-order valence-corrected chi connectivity index (χ1v) is 11.0. The summed E-state index contributed by atoms with van der Waals surface area (Å²) in [5, 5.41) is 11.0. The monoisotopic (exact) mass is 445 g/mol. The van der Waals surface area contributed by atoms with Crippen LogP contribution in [0.5, 0.6) is 0 Å². The molecule has 1 fully saturated rings. The normalized spacial score (nSPS) is 15.0. The van der Waals surface area contributed by atoms with E-state index in [0.717, 1.165) is 16.4 Å². The van der Waals surface area contributed by atoms with Crippen LogP contribution in [0.1, 0.15) is 16.2 Å². The molecule has 162 valence electrons. The fourth-order valence-corrected chi connectivity index (χ4v) is 4.66. The quantitative estimate of drug-likeness (QED) is 0.644. The van der Waals surface area contributed by atoms with E-state index in [2.05, 4.69) is 15.5 Å². The predicted molar refractivity (Wildman–Crippen MR) is 110 cm³/mol. The van der Waals surface area contributed by atoms with E-state index >= 15 is 0 Å². The van der Waals surface area contributed by atoms with Crippen LogP contribution < -0.4 is 5.32 Å². The summed E-state index contributed by atoms with van der Waals surface area (Å²) in [6.07, 6.45) is 0. The largest absolute Gasteiger partial charge is 0.379 e. The summed E-state index contributed by atoms with van der Waals surface area (Å²) in [7, 11) is -4.06. The second-order valence-electron chi connectivity index (χ2n) is 6.87. The number of sulfonamides is 1. The summed E-state index contributed by atoms with van der Waals surface area (Å²) in [6, 6.07) is 12.5. The van der Waals surface area contributed by atoms with Gasteiger partial charge in [-0.05, 0) is 37.3 Å². The number of carbonyl (C=O) groups excluding carboxylic acids is 1. The van der Waals surface area contributed by atoms with Gasteiger partial charge in [0.1, 0.15) is 10.7 Å². The number of carbonyl (C=O) groups is 1. The maximum absolute atomic E-state index is 14.4. The zero-order valence-corrected chi connectivity index (χ0v) is 17.5. The van der Waals surface area contributed by atoms with Crippen molar-refractivity contribution in [3.05, 3.63) is 65.7 Å². The highest BCUT2D eigenvalue weighted by Crippen LogP contribution is 2.24. The van der Waals surface area contributed by atoms with Crippen LogP contribution >= 0.6 is 0 Å². The van der Waals surface area contributed by atoms with Crippen molar-refractivity contribution in [1.82, 2.24) is 19.3 Å². The molecular formula is C20H20FN5O4S. The Morgan fingerprint density at radius 1 is 1.10 bits per heavy atom. The average molecular weight is 445 g/mol. The van der Waals surface area contributed by atoms with Gasteiger partial charge in [-0.2, -0.15) is 14.2 Å². The number of para-hydroxylation sites is 1. The highest BCUT2D eigenvalue weighted by molar-refractivity contribution is 7.89. The Morgan fingerprint density at radius 2 is 1.81 bits per heavy atom. The van der Waals surface area contributed by atoms with Gasteiger partial charge in [0.2, 0.25) is 10.0 Å². The maximum Gasteiger partial charge on any atom is 0.278 e. The summed E-state index contributed by atoms with van der Waals surface area (Å²) in [5.74, 6) is -1.48. The van der Waals surface area contributed by atoms with E-state index in [-0.39, 0.29) is 37.7 Å². The molecule has 0 saturated carbocycles. The topological polar surface area (TPSA) is 106 Å². The molecule has 1 aliphatic rings. The fourth-order valence-electron chi connectivity index (χ4n) is 3.16. The van der Waals surface area contributed by atoms with Gasteiger partial charge in [-0.15, -0.1) is 5.10 Å². The summed E-state index contributed by atoms with van der Waals surface area (Å²) >= 11 is 0. The van der Waals surface area contributed by atoms with E-state index in [9.17, 15) is 17.6 Å². The van der Waals surface area contributed by atoms with E-state index in [1.807, 2.05) is 18.2 Å². The van der Waals surface area contributed by atoms with Crippen LogP contribution in [0.15, 0.2) is 53.4 Å². The van der Waals surface area contributed by atoms with Gasteiger partial charge in [0, 0.05) is 18.8 Å². The first-order valence-electron chi connectivity index (χ1n) is 9.54. The Labute approximate surface area is 178 Å². The van der Waals surface area contributed by atoms with E-state index in [0.29, 0.717) is 11.4 Å². The van der Waals surface area contributed by atoms with Gasteiger partial charge in [0.25, 0.3) is 5.91 Å². The Kier molecular flexibility index (Phi) is 5.81. The number of morpholine rings is 1. The molecule has 1 N–H and O–H groups in total. The van der Waals surface area contributed by atoms with Gasteiger partial charge in [-0.25, -0.2) is 12.8 Å². The number of halogens is 1. The van der Waals surface area contributed by atoms with E-state index in [1.54, 1.807) is 19.1 Å². The van der Waals surface area contributed by atoms with Crippen molar-refractivity contribution in [2.24, 2.45) is 0 Å². The lowest BCUT2D eigenvalue weighted by molar-refractivity contribution is 0.0729. The van der Waals surface area contributed by atoms with Crippen LogP contribution in [0.25, 0.3) is 5.69 Å². The lowest BCUT2D eigenvalue weighted by Gasteiger charge is -2.26. The molecule has 1 aliphatic heterocycles. The second-order valence-corrected chi connectivity index (χ2v) is 8.78. The minimum atomic E-state index is -4.06. The number of rotatable bonds is 5. The van der Waals surface area contributed by atoms with Crippen LogP contribution in [0, 0.1) is 12.7 Å². The molecule has 0 atom stereocenters. The molecule has 1 aromatic heterocycles.